The van der Waals surface area contributed by atoms with Crippen LogP contribution in [0.15, 0.2) is 30.3 Å². The zero-order valence-corrected chi connectivity index (χ0v) is 21.4. The van der Waals surface area contributed by atoms with Gasteiger partial charge >= 0.3 is 7.82 Å². The third kappa shape index (κ3) is 12.0. The number of phosphoric acid groups is 1. The summed E-state index contributed by atoms with van der Waals surface area (Å²) in [6, 6.07) is 8.15. The summed E-state index contributed by atoms with van der Waals surface area (Å²) in [5.41, 5.74) is 2.32. The summed E-state index contributed by atoms with van der Waals surface area (Å²) >= 11 is 0. The number of unbranched alkanes of at least 4 members (excludes halogenated alkanes) is 2. The third-order valence-corrected chi connectivity index (χ3v) is 7.23. The number of benzene rings is 1. The Morgan fingerprint density at radius 1 is 0.871 bits per heavy atom. The van der Waals surface area contributed by atoms with Crippen LogP contribution >= 0.6 is 7.82 Å². The number of phosphoric ester groups is 1. The van der Waals surface area contributed by atoms with Crippen LogP contribution in [0.2, 0.25) is 0 Å². The van der Waals surface area contributed by atoms with Crippen molar-refractivity contribution in [3.63, 3.8) is 0 Å². The van der Waals surface area contributed by atoms with Gasteiger partial charge in [-0.25, -0.2) is 4.57 Å². The summed E-state index contributed by atoms with van der Waals surface area (Å²) in [5.74, 6) is 0.759. The Bertz CT molecular complexity index is 635. The summed E-state index contributed by atoms with van der Waals surface area (Å²) in [6.07, 6.45) is 12.6. The van der Waals surface area contributed by atoms with Crippen molar-refractivity contribution in [3.05, 3.63) is 41.5 Å². The number of rotatable bonds is 18. The van der Waals surface area contributed by atoms with Crippen LogP contribution in [0.3, 0.4) is 0 Å². The molecule has 0 heterocycles. The van der Waals surface area contributed by atoms with Crippen molar-refractivity contribution in [2.24, 2.45) is 11.8 Å². The number of hydrogen-bond donors (Lipinski definition) is 0. The third-order valence-electron chi connectivity index (χ3n) is 5.84. The second-order valence-electron chi connectivity index (χ2n) is 8.43. The lowest BCUT2D eigenvalue weighted by atomic mass is 10.0. The molecule has 0 amide bonds. The first-order chi connectivity index (χ1) is 15.0. The molecule has 0 bridgehead atoms. The van der Waals surface area contributed by atoms with Gasteiger partial charge in [0.2, 0.25) is 0 Å². The van der Waals surface area contributed by atoms with Gasteiger partial charge in [-0.15, -0.1) is 0 Å². The molecular weight excluding hydrogens is 407 g/mol. The molecule has 0 aliphatic rings. The van der Waals surface area contributed by atoms with Crippen molar-refractivity contribution < 1.29 is 18.1 Å². The normalized spacial score (nSPS) is 15.8. The van der Waals surface area contributed by atoms with E-state index in [9.17, 15) is 4.57 Å². The minimum Gasteiger partial charge on any atom is -0.287 e. The van der Waals surface area contributed by atoms with Crippen molar-refractivity contribution in [1.29, 1.82) is 0 Å². The molecule has 178 valence electrons. The minimum atomic E-state index is -3.60. The molecule has 0 aliphatic heterocycles. The molecule has 5 heteroatoms. The topological polar surface area (TPSA) is 44.8 Å². The largest absolute Gasteiger partial charge is 0.475 e. The maximum atomic E-state index is 13.4. The van der Waals surface area contributed by atoms with E-state index in [4.69, 9.17) is 13.6 Å². The van der Waals surface area contributed by atoms with E-state index in [-0.39, 0.29) is 6.61 Å². The van der Waals surface area contributed by atoms with Gasteiger partial charge in [-0.2, -0.15) is 0 Å². The van der Waals surface area contributed by atoms with Gasteiger partial charge in [0.25, 0.3) is 0 Å². The van der Waals surface area contributed by atoms with Crippen molar-refractivity contribution in [1.82, 2.24) is 0 Å². The van der Waals surface area contributed by atoms with Crippen LogP contribution in [0.1, 0.15) is 90.2 Å². The standard InChI is InChI=1S/C26H45O4P/c1-6-10-16-24(8-3)21-29-31(27,30-22-25(9-4)17-11-7-2)28-20-14-19-26-18-13-12-15-23(26)5/h12-15,18-19,24-25H,6-11,16-17,20-22H2,1-5H3/b19-14-. The molecular formula is C26H45O4P. The molecule has 2 atom stereocenters. The van der Waals surface area contributed by atoms with E-state index < -0.39 is 7.82 Å². The predicted octanol–water partition coefficient (Wildman–Crippen LogP) is 8.60. The van der Waals surface area contributed by atoms with E-state index in [2.05, 4.69) is 46.8 Å². The summed E-state index contributed by atoms with van der Waals surface area (Å²) < 4.78 is 30.8. The van der Waals surface area contributed by atoms with Crippen LogP contribution < -0.4 is 0 Å². The lowest BCUT2D eigenvalue weighted by Crippen LogP contribution is -2.13. The minimum absolute atomic E-state index is 0.198. The van der Waals surface area contributed by atoms with Gasteiger partial charge in [0.15, 0.2) is 0 Å². The molecule has 0 saturated heterocycles. The van der Waals surface area contributed by atoms with Crippen LogP contribution in [0, 0.1) is 18.8 Å². The zero-order valence-electron chi connectivity index (χ0n) is 20.5. The van der Waals surface area contributed by atoms with Crippen molar-refractivity contribution >= 4 is 13.9 Å². The molecule has 0 saturated carbocycles. The van der Waals surface area contributed by atoms with Crippen LogP contribution in [0.5, 0.6) is 0 Å². The molecule has 0 aromatic heterocycles. The van der Waals surface area contributed by atoms with Gasteiger partial charge in [0.05, 0.1) is 19.8 Å². The van der Waals surface area contributed by atoms with Crippen LogP contribution in [0.4, 0.5) is 0 Å². The van der Waals surface area contributed by atoms with E-state index in [1.165, 1.54) is 5.56 Å². The molecule has 4 nitrogen and oxygen atoms in total. The summed E-state index contributed by atoms with van der Waals surface area (Å²) in [5, 5.41) is 0. The highest BCUT2D eigenvalue weighted by molar-refractivity contribution is 7.48. The lowest BCUT2D eigenvalue weighted by Gasteiger charge is -2.23. The maximum Gasteiger partial charge on any atom is 0.475 e. The first-order valence-electron chi connectivity index (χ1n) is 12.2. The predicted molar refractivity (Wildman–Crippen MR) is 132 cm³/mol. The Hall–Kier alpha value is -0.930. The Morgan fingerprint density at radius 3 is 1.90 bits per heavy atom. The second kappa shape index (κ2) is 16.7. The fourth-order valence-electron chi connectivity index (χ4n) is 3.38. The van der Waals surface area contributed by atoms with Crippen LogP contribution in [-0.4, -0.2) is 19.8 Å². The van der Waals surface area contributed by atoms with Gasteiger partial charge in [-0.3, -0.25) is 13.6 Å². The molecule has 0 radical (unpaired) electrons. The summed E-state index contributed by atoms with van der Waals surface area (Å²) in [7, 11) is -3.60. The zero-order chi connectivity index (χ0) is 23.0. The highest BCUT2D eigenvalue weighted by Crippen LogP contribution is 2.50. The monoisotopic (exact) mass is 452 g/mol. The SMILES string of the molecule is CCCCC(CC)COP(=O)(OC/C=C\c1ccccc1C)OCC(CC)CCCC. The Morgan fingerprint density at radius 2 is 1.42 bits per heavy atom. The Balaban J connectivity index is 2.72. The molecule has 0 N–H and O–H groups in total. The Labute approximate surface area is 191 Å². The van der Waals surface area contributed by atoms with Gasteiger partial charge in [0.1, 0.15) is 0 Å². The summed E-state index contributed by atoms with van der Waals surface area (Å²) in [4.78, 5) is 0. The molecule has 1 aromatic carbocycles. The Kier molecular flexibility index (Phi) is 15.1. The molecule has 1 rings (SSSR count). The first kappa shape index (κ1) is 28.1. The molecule has 1 aromatic rings. The fourth-order valence-corrected chi connectivity index (χ4v) is 4.66. The smallest absolute Gasteiger partial charge is 0.287 e. The maximum absolute atomic E-state index is 13.4. The molecule has 2 unspecified atom stereocenters. The summed E-state index contributed by atoms with van der Waals surface area (Å²) in [6.45, 7) is 11.8. The van der Waals surface area contributed by atoms with Crippen LogP contribution in [-0.2, 0) is 18.1 Å². The highest BCUT2D eigenvalue weighted by atomic mass is 31.2. The molecule has 31 heavy (non-hydrogen) atoms. The highest BCUT2D eigenvalue weighted by Gasteiger charge is 2.28. The number of aryl methyl sites for hydroxylation is 1. The van der Waals surface area contributed by atoms with E-state index in [0.717, 1.165) is 56.9 Å². The second-order valence-corrected chi connectivity index (χ2v) is 10.1. The van der Waals surface area contributed by atoms with Crippen molar-refractivity contribution in [2.45, 2.75) is 86.0 Å². The quantitative estimate of drug-likeness (QED) is 0.209. The van der Waals surface area contributed by atoms with E-state index in [0.29, 0.717) is 25.0 Å². The lowest BCUT2D eigenvalue weighted by molar-refractivity contribution is 0.0904. The molecule has 0 aliphatic carbocycles. The van der Waals surface area contributed by atoms with Crippen molar-refractivity contribution in [2.75, 3.05) is 19.8 Å². The average Bonchev–Trinajstić information content (AvgIpc) is 2.78. The van der Waals surface area contributed by atoms with Gasteiger partial charge in [-0.05, 0) is 42.7 Å². The number of hydrogen-bond acceptors (Lipinski definition) is 4. The van der Waals surface area contributed by atoms with Crippen molar-refractivity contribution in [3.8, 4) is 0 Å². The van der Waals surface area contributed by atoms with E-state index in [1.807, 2.05) is 24.3 Å². The molecule has 0 spiro atoms. The average molecular weight is 453 g/mol. The molecule has 0 fully saturated rings. The van der Waals surface area contributed by atoms with E-state index >= 15 is 0 Å². The van der Waals surface area contributed by atoms with Gasteiger partial charge in [-0.1, -0.05) is 103 Å². The first-order valence-corrected chi connectivity index (χ1v) is 13.7. The fraction of sp³-hybridized carbons (Fsp3) is 0.692. The van der Waals surface area contributed by atoms with Gasteiger partial charge < -0.3 is 0 Å². The van der Waals surface area contributed by atoms with Gasteiger partial charge in [0, 0.05) is 0 Å². The van der Waals surface area contributed by atoms with Crippen LogP contribution in [0.25, 0.3) is 6.08 Å². The van der Waals surface area contributed by atoms with E-state index in [1.54, 1.807) is 0 Å².